The van der Waals surface area contributed by atoms with Gasteiger partial charge in [0.1, 0.15) is 5.92 Å². The van der Waals surface area contributed by atoms with E-state index in [0.29, 0.717) is 12.8 Å². The van der Waals surface area contributed by atoms with Gasteiger partial charge in [-0.25, -0.2) is 13.1 Å². The number of carbonyl (C=O) groups is 1. The van der Waals surface area contributed by atoms with E-state index in [0.717, 1.165) is 11.1 Å². The zero-order valence-corrected chi connectivity index (χ0v) is 17.4. The number of ether oxygens (including phenoxy) is 1. The van der Waals surface area contributed by atoms with Crippen LogP contribution in [0.15, 0.2) is 71.6 Å². The van der Waals surface area contributed by atoms with Gasteiger partial charge in [0.2, 0.25) is 10.0 Å². The molecule has 0 fully saturated rings. The van der Waals surface area contributed by atoms with Gasteiger partial charge in [-0.1, -0.05) is 60.2 Å². The smallest absolute Gasteiger partial charge is 0.315 e. The van der Waals surface area contributed by atoms with Crippen LogP contribution >= 0.6 is 0 Å². The number of esters is 1. The normalized spacial score (nSPS) is 13.9. The summed E-state index contributed by atoms with van der Waals surface area (Å²) < 4.78 is 31.8. The second-order valence-electron chi connectivity index (χ2n) is 6.73. The van der Waals surface area contributed by atoms with E-state index < -0.39 is 28.0 Å². The number of benzene rings is 2. The Balaban J connectivity index is 1.95. The molecule has 2 rings (SSSR count). The summed E-state index contributed by atoms with van der Waals surface area (Å²) in [4.78, 5) is 12.2. The predicted octanol–water partition coefficient (Wildman–Crippen LogP) is 2.61. The summed E-state index contributed by atoms with van der Waals surface area (Å²) in [6.45, 7) is 1.87. The molecule has 0 aliphatic heterocycles. The molecule has 7 heteroatoms. The van der Waals surface area contributed by atoms with Gasteiger partial charge in [-0.3, -0.25) is 4.79 Å². The predicted molar refractivity (Wildman–Crippen MR) is 112 cm³/mol. The highest BCUT2D eigenvalue weighted by molar-refractivity contribution is 7.89. The van der Waals surface area contributed by atoms with Crippen molar-refractivity contribution in [3.63, 3.8) is 0 Å². The summed E-state index contributed by atoms with van der Waals surface area (Å²) in [6, 6.07) is 16.2. The van der Waals surface area contributed by atoms with Crippen molar-refractivity contribution in [1.29, 1.82) is 0 Å². The number of aryl methyl sites for hydroxylation is 2. The van der Waals surface area contributed by atoms with Gasteiger partial charge < -0.3 is 9.84 Å². The van der Waals surface area contributed by atoms with Crippen LogP contribution in [0.1, 0.15) is 17.5 Å². The first-order valence-corrected chi connectivity index (χ1v) is 10.8. The van der Waals surface area contributed by atoms with Crippen molar-refractivity contribution < 1.29 is 23.1 Å². The Hall–Kier alpha value is -2.48. The van der Waals surface area contributed by atoms with Gasteiger partial charge in [-0.05, 0) is 37.5 Å². The monoisotopic (exact) mass is 417 g/mol. The van der Waals surface area contributed by atoms with Gasteiger partial charge in [-0.2, -0.15) is 0 Å². The van der Waals surface area contributed by atoms with E-state index in [4.69, 9.17) is 4.74 Å². The first kappa shape index (κ1) is 22.8. The molecule has 0 saturated heterocycles. The standard InChI is InChI=1S/C22H27NO5S/c1-17-10-13-19(14-11-17)29(26,27)23-16-6-9-20(22(25)28-2)21(24)15-12-18-7-4-3-5-8-18/h3-11,13-14,20-21,23-24H,12,15-16H2,1-2H3/b9-6+. The van der Waals surface area contributed by atoms with E-state index in [9.17, 15) is 18.3 Å². The fourth-order valence-corrected chi connectivity index (χ4v) is 3.79. The number of carbonyl (C=O) groups excluding carboxylic acids is 1. The Kier molecular flexibility index (Phi) is 8.57. The molecular formula is C22H27NO5S. The fraction of sp³-hybridized carbons (Fsp3) is 0.318. The van der Waals surface area contributed by atoms with Gasteiger partial charge in [0.25, 0.3) is 0 Å². The summed E-state index contributed by atoms with van der Waals surface area (Å²) in [5.74, 6) is -1.43. The minimum Gasteiger partial charge on any atom is -0.468 e. The minimum absolute atomic E-state index is 0.00485. The number of nitrogens with one attached hydrogen (secondary N) is 1. The van der Waals surface area contributed by atoms with Crippen LogP contribution in [0, 0.1) is 12.8 Å². The van der Waals surface area contributed by atoms with E-state index in [1.807, 2.05) is 37.3 Å². The van der Waals surface area contributed by atoms with E-state index in [1.54, 1.807) is 12.1 Å². The van der Waals surface area contributed by atoms with E-state index in [-0.39, 0.29) is 11.4 Å². The van der Waals surface area contributed by atoms with Gasteiger partial charge in [0, 0.05) is 6.54 Å². The second kappa shape index (κ2) is 10.9. The maximum absolute atomic E-state index is 12.3. The van der Waals surface area contributed by atoms with Crippen LogP contribution < -0.4 is 4.72 Å². The molecule has 0 saturated carbocycles. The zero-order valence-electron chi connectivity index (χ0n) is 16.6. The summed E-state index contributed by atoms with van der Waals surface area (Å²) in [7, 11) is -2.39. The van der Waals surface area contributed by atoms with Crippen molar-refractivity contribution >= 4 is 16.0 Å². The number of hydrogen-bond donors (Lipinski definition) is 2. The molecule has 2 aromatic rings. The fourth-order valence-electron chi connectivity index (χ4n) is 2.81. The van der Waals surface area contributed by atoms with Crippen LogP contribution in [0.25, 0.3) is 0 Å². The molecule has 2 aromatic carbocycles. The third kappa shape index (κ3) is 7.12. The van der Waals surface area contributed by atoms with Crippen LogP contribution in [0.4, 0.5) is 0 Å². The number of aliphatic hydroxyl groups is 1. The van der Waals surface area contributed by atoms with Crippen molar-refractivity contribution in [1.82, 2.24) is 4.72 Å². The van der Waals surface area contributed by atoms with Crippen molar-refractivity contribution in [3.8, 4) is 0 Å². The molecule has 156 valence electrons. The Bertz CT molecular complexity index is 908. The minimum atomic E-state index is -3.65. The van der Waals surface area contributed by atoms with Crippen LogP contribution in [-0.4, -0.2) is 39.3 Å². The number of aliphatic hydroxyl groups excluding tert-OH is 1. The lowest BCUT2D eigenvalue weighted by atomic mass is 9.96. The molecule has 0 aliphatic rings. The van der Waals surface area contributed by atoms with E-state index >= 15 is 0 Å². The molecular weight excluding hydrogens is 390 g/mol. The molecule has 29 heavy (non-hydrogen) atoms. The highest BCUT2D eigenvalue weighted by Crippen LogP contribution is 2.15. The topological polar surface area (TPSA) is 92.7 Å². The maximum Gasteiger partial charge on any atom is 0.315 e. The molecule has 0 aromatic heterocycles. The molecule has 0 bridgehead atoms. The highest BCUT2D eigenvalue weighted by atomic mass is 32.2. The third-order valence-electron chi connectivity index (χ3n) is 4.53. The SMILES string of the molecule is COC(=O)C(/C=C/CNS(=O)(=O)c1ccc(C)cc1)C(O)CCc1ccccc1. The quantitative estimate of drug-likeness (QED) is 0.458. The number of rotatable bonds is 10. The number of hydrogen-bond acceptors (Lipinski definition) is 5. The Morgan fingerprint density at radius 1 is 1.14 bits per heavy atom. The summed E-state index contributed by atoms with van der Waals surface area (Å²) in [5, 5.41) is 10.4. The van der Waals surface area contributed by atoms with Crippen molar-refractivity contribution in [2.45, 2.75) is 30.8 Å². The van der Waals surface area contributed by atoms with E-state index in [2.05, 4.69) is 4.72 Å². The largest absolute Gasteiger partial charge is 0.468 e. The van der Waals surface area contributed by atoms with Crippen LogP contribution in [0.3, 0.4) is 0 Å². The van der Waals surface area contributed by atoms with Crippen LogP contribution in [0.2, 0.25) is 0 Å². The lowest BCUT2D eigenvalue weighted by Gasteiger charge is -2.18. The van der Waals surface area contributed by atoms with E-state index in [1.165, 1.54) is 31.4 Å². The van der Waals surface area contributed by atoms with Crippen molar-refractivity contribution in [2.75, 3.05) is 13.7 Å². The van der Waals surface area contributed by atoms with Crippen molar-refractivity contribution in [3.05, 3.63) is 77.9 Å². The average molecular weight is 418 g/mol. The van der Waals surface area contributed by atoms with Crippen LogP contribution in [-0.2, 0) is 26.0 Å². The molecule has 2 atom stereocenters. The van der Waals surface area contributed by atoms with Crippen molar-refractivity contribution in [2.24, 2.45) is 5.92 Å². The maximum atomic E-state index is 12.3. The molecule has 2 unspecified atom stereocenters. The molecule has 0 heterocycles. The molecule has 0 spiro atoms. The molecule has 6 nitrogen and oxygen atoms in total. The second-order valence-corrected chi connectivity index (χ2v) is 8.50. The van der Waals surface area contributed by atoms with Gasteiger partial charge in [-0.15, -0.1) is 0 Å². The van der Waals surface area contributed by atoms with Crippen LogP contribution in [0.5, 0.6) is 0 Å². The summed E-state index contributed by atoms with van der Waals surface area (Å²) >= 11 is 0. The lowest BCUT2D eigenvalue weighted by Crippen LogP contribution is -2.29. The Morgan fingerprint density at radius 2 is 1.79 bits per heavy atom. The lowest BCUT2D eigenvalue weighted by molar-refractivity contribution is -0.147. The molecule has 0 aliphatic carbocycles. The molecule has 2 N–H and O–H groups in total. The zero-order chi connectivity index (χ0) is 21.3. The Labute approximate surface area is 172 Å². The van der Waals surface area contributed by atoms with Gasteiger partial charge >= 0.3 is 5.97 Å². The first-order chi connectivity index (χ1) is 13.8. The average Bonchev–Trinajstić information content (AvgIpc) is 2.72. The summed E-state index contributed by atoms with van der Waals surface area (Å²) in [5.41, 5.74) is 2.03. The Morgan fingerprint density at radius 3 is 2.41 bits per heavy atom. The first-order valence-electron chi connectivity index (χ1n) is 9.36. The summed E-state index contributed by atoms with van der Waals surface area (Å²) in [6.07, 6.45) is 3.05. The number of sulfonamides is 1. The number of methoxy groups -OCH3 is 1. The third-order valence-corrected chi connectivity index (χ3v) is 5.96. The highest BCUT2D eigenvalue weighted by Gasteiger charge is 2.25. The molecule has 0 radical (unpaired) electrons. The molecule has 0 amide bonds. The van der Waals surface area contributed by atoms with Gasteiger partial charge in [0.15, 0.2) is 0 Å². The van der Waals surface area contributed by atoms with Gasteiger partial charge in [0.05, 0.1) is 18.1 Å².